The highest BCUT2D eigenvalue weighted by molar-refractivity contribution is 5.89. The molecule has 0 bridgehead atoms. The molecule has 0 aliphatic rings. The molecule has 118 valence electrons. The maximum absolute atomic E-state index is 12.0. The smallest absolute Gasteiger partial charge is 0.319 e. The summed E-state index contributed by atoms with van der Waals surface area (Å²) in [6.07, 6.45) is 1.93. The van der Waals surface area contributed by atoms with Crippen molar-refractivity contribution >= 4 is 17.4 Å². The van der Waals surface area contributed by atoms with Crippen molar-refractivity contribution in [2.24, 2.45) is 0 Å². The van der Waals surface area contributed by atoms with E-state index in [1.807, 2.05) is 47.9 Å². The summed E-state index contributed by atoms with van der Waals surface area (Å²) in [5.41, 5.74) is 3.45. The van der Waals surface area contributed by atoms with Crippen LogP contribution in [-0.2, 0) is 6.54 Å². The minimum Gasteiger partial charge on any atom is -0.497 e. The lowest BCUT2D eigenvalue weighted by Crippen LogP contribution is -2.28. The van der Waals surface area contributed by atoms with E-state index in [1.165, 1.54) is 0 Å². The number of imidazole rings is 1. The van der Waals surface area contributed by atoms with E-state index in [-0.39, 0.29) is 6.03 Å². The highest BCUT2D eigenvalue weighted by Crippen LogP contribution is 2.16. The van der Waals surface area contributed by atoms with Crippen molar-refractivity contribution < 1.29 is 9.53 Å². The Morgan fingerprint density at radius 3 is 2.87 bits per heavy atom. The van der Waals surface area contributed by atoms with Crippen LogP contribution in [0.2, 0.25) is 0 Å². The molecule has 0 aliphatic heterocycles. The van der Waals surface area contributed by atoms with Crippen molar-refractivity contribution in [1.82, 2.24) is 14.7 Å². The molecule has 6 nitrogen and oxygen atoms in total. The minimum absolute atomic E-state index is 0.285. The quantitative estimate of drug-likeness (QED) is 0.778. The van der Waals surface area contributed by atoms with Gasteiger partial charge in [0.05, 0.1) is 19.3 Å². The Labute approximate surface area is 134 Å². The van der Waals surface area contributed by atoms with Gasteiger partial charge >= 0.3 is 6.03 Å². The molecule has 2 N–H and O–H groups in total. The molecule has 3 aromatic rings. The Kier molecular flexibility index (Phi) is 4.14. The summed E-state index contributed by atoms with van der Waals surface area (Å²) in [4.78, 5) is 16.5. The molecule has 2 amide bonds. The van der Waals surface area contributed by atoms with Gasteiger partial charge in [-0.2, -0.15) is 0 Å². The second-order valence-electron chi connectivity index (χ2n) is 5.17. The number of hydrogen-bond donors (Lipinski definition) is 2. The van der Waals surface area contributed by atoms with Crippen molar-refractivity contribution in [3.63, 3.8) is 0 Å². The first-order chi connectivity index (χ1) is 11.2. The van der Waals surface area contributed by atoms with E-state index in [4.69, 9.17) is 4.74 Å². The zero-order valence-corrected chi connectivity index (χ0v) is 13.0. The number of aryl methyl sites for hydroxylation is 1. The van der Waals surface area contributed by atoms with Crippen molar-refractivity contribution in [1.29, 1.82) is 0 Å². The molecule has 23 heavy (non-hydrogen) atoms. The molecule has 0 radical (unpaired) electrons. The molecule has 2 aromatic heterocycles. The highest BCUT2D eigenvalue weighted by atomic mass is 16.5. The number of hydrogen-bond acceptors (Lipinski definition) is 3. The van der Waals surface area contributed by atoms with Gasteiger partial charge in [0, 0.05) is 23.6 Å². The third-order valence-corrected chi connectivity index (χ3v) is 3.50. The summed E-state index contributed by atoms with van der Waals surface area (Å²) in [7, 11) is 1.59. The van der Waals surface area contributed by atoms with Gasteiger partial charge in [-0.05, 0) is 31.2 Å². The van der Waals surface area contributed by atoms with Crippen molar-refractivity contribution in [2.45, 2.75) is 13.5 Å². The average molecular weight is 310 g/mol. The molecule has 2 heterocycles. The molecule has 0 atom stereocenters. The van der Waals surface area contributed by atoms with Crippen molar-refractivity contribution in [2.75, 3.05) is 12.4 Å². The number of pyridine rings is 1. The molecular formula is C17H18N4O2. The van der Waals surface area contributed by atoms with Gasteiger partial charge in [-0.1, -0.05) is 12.1 Å². The fourth-order valence-electron chi connectivity index (χ4n) is 2.33. The number of amides is 2. The lowest BCUT2D eigenvalue weighted by molar-refractivity contribution is 0.251. The summed E-state index contributed by atoms with van der Waals surface area (Å²) < 4.78 is 7.12. The maximum atomic E-state index is 12.0. The molecule has 0 saturated heterocycles. The van der Waals surface area contributed by atoms with Crippen LogP contribution in [-0.4, -0.2) is 22.5 Å². The van der Waals surface area contributed by atoms with Crippen LogP contribution in [0, 0.1) is 6.92 Å². The number of rotatable bonds is 4. The molecule has 3 rings (SSSR count). The van der Waals surface area contributed by atoms with Gasteiger partial charge in [0.1, 0.15) is 11.4 Å². The Balaban J connectivity index is 1.62. The average Bonchev–Trinajstić information content (AvgIpc) is 2.98. The van der Waals surface area contributed by atoms with Crippen LogP contribution in [0.5, 0.6) is 5.75 Å². The summed E-state index contributed by atoms with van der Waals surface area (Å²) in [5.74, 6) is 0.693. The van der Waals surface area contributed by atoms with Gasteiger partial charge in [0.2, 0.25) is 0 Å². The molecule has 0 unspecified atom stereocenters. The van der Waals surface area contributed by atoms with Crippen LogP contribution >= 0.6 is 0 Å². The Bertz CT molecular complexity index is 841. The van der Waals surface area contributed by atoms with Gasteiger partial charge < -0.3 is 19.8 Å². The number of ether oxygens (including phenoxy) is 1. The van der Waals surface area contributed by atoms with Gasteiger partial charge in [0.15, 0.2) is 0 Å². The third kappa shape index (κ3) is 3.42. The molecule has 0 saturated carbocycles. The van der Waals surface area contributed by atoms with E-state index in [2.05, 4.69) is 15.6 Å². The predicted octanol–water partition coefficient (Wildman–Crippen LogP) is 2.97. The Morgan fingerprint density at radius 2 is 2.09 bits per heavy atom. The fraction of sp³-hybridized carbons (Fsp3) is 0.176. The van der Waals surface area contributed by atoms with Crippen molar-refractivity contribution in [3.8, 4) is 5.75 Å². The molecule has 0 fully saturated rings. The third-order valence-electron chi connectivity index (χ3n) is 3.50. The second kappa shape index (κ2) is 6.39. The zero-order valence-electron chi connectivity index (χ0n) is 13.0. The number of benzene rings is 1. The molecule has 0 spiro atoms. The second-order valence-corrected chi connectivity index (χ2v) is 5.17. The number of fused-ring (bicyclic) bond motifs is 1. The number of methoxy groups -OCH3 is 1. The maximum Gasteiger partial charge on any atom is 0.319 e. The number of anilines is 1. The van der Waals surface area contributed by atoms with Gasteiger partial charge in [0.25, 0.3) is 0 Å². The summed E-state index contributed by atoms with van der Waals surface area (Å²) in [6.45, 7) is 2.37. The molecule has 1 aromatic carbocycles. The van der Waals surface area contributed by atoms with Gasteiger partial charge in [-0.15, -0.1) is 0 Å². The standard InChI is InChI=1S/C17H18N4O2/c1-12-5-3-8-16-19-14(11-21(12)16)10-18-17(22)20-13-6-4-7-15(9-13)23-2/h3-9,11H,10H2,1-2H3,(H2,18,20,22). The number of urea groups is 1. The first kappa shape index (κ1) is 14.9. The first-order valence-electron chi connectivity index (χ1n) is 7.28. The SMILES string of the molecule is COc1cccc(NC(=O)NCc2cn3c(C)cccc3n2)c1. The monoisotopic (exact) mass is 310 g/mol. The topological polar surface area (TPSA) is 67.7 Å². The van der Waals surface area contributed by atoms with Crippen LogP contribution < -0.4 is 15.4 Å². The summed E-state index contributed by atoms with van der Waals surface area (Å²) >= 11 is 0. The lowest BCUT2D eigenvalue weighted by atomic mass is 10.3. The highest BCUT2D eigenvalue weighted by Gasteiger charge is 2.06. The molecule has 0 aliphatic carbocycles. The summed E-state index contributed by atoms with van der Waals surface area (Å²) in [5, 5.41) is 5.57. The minimum atomic E-state index is -0.285. The lowest BCUT2D eigenvalue weighted by Gasteiger charge is -2.07. The van der Waals surface area contributed by atoms with Crippen LogP contribution in [0.15, 0.2) is 48.7 Å². The van der Waals surface area contributed by atoms with E-state index in [1.54, 1.807) is 19.2 Å². The summed E-state index contributed by atoms with van der Waals surface area (Å²) in [6, 6.07) is 12.8. The van der Waals surface area contributed by atoms with E-state index in [0.717, 1.165) is 17.0 Å². The number of nitrogens with zero attached hydrogens (tertiary/aromatic N) is 2. The van der Waals surface area contributed by atoms with Crippen LogP contribution in [0.1, 0.15) is 11.4 Å². The Morgan fingerprint density at radius 1 is 1.26 bits per heavy atom. The van der Waals surface area contributed by atoms with Gasteiger partial charge in [-0.3, -0.25) is 0 Å². The first-order valence-corrected chi connectivity index (χ1v) is 7.28. The van der Waals surface area contributed by atoms with E-state index < -0.39 is 0 Å². The predicted molar refractivity (Wildman–Crippen MR) is 88.8 cm³/mol. The van der Waals surface area contributed by atoms with Crippen molar-refractivity contribution in [3.05, 3.63) is 60.0 Å². The fourth-order valence-corrected chi connectivity index (χ4v) is 2.33. The van der Waals surface area contributed by atoms with E-state index >= 15 is 0 Å². The molecule has 6 heteroatoms. The van der Waals surface area contributed by atoms with Crippen LogP contribution in [0.4, 0.5) is 10.5 Å². The number of carbonyl (C=O) groups is 1. The number of nitrogens with one attached hydrogen (secondary N) is 2. The number of carbonyl (C=O) groups excluding carboxylic acids is 1. The largest absolute Gasteiger partial charge is 0.497 e. The van der Waals surface area contributed by atoms with Crippen LogP contribution in [0.25, 0.3) is 5.65 Å². The molecular weight excluding hydrogens is 292 g/mol. The number of aromatic nitrogens is 2. The normalized spacial score (nSPS) is 10.5. The van der Waals surface area contributed by atoms with E-state index in [9.17, 15) is 4.79 Å². The van der Waals surface area contributed by atoms with Crippen LogP contribution in [0.3, 0.4) is 0 Å². The van der Waals surface area contributed by atoms with E-state index in [0.29, 0.717) is 18.0 Å². The zero-order chi connectivity index (χ0) is 16.2. The Hall–Kier alpha value is -3.02. The van der Waals surface area contributed by atoms with Gasteiger partial charge in [-0.25, -0.2) is 9.78 Å².